The zero-order valence-corrected chi connectivity index (χ0v) is 13.3. The summed E-state index contributed by atoms with van der Waals surface area (Å²) in [6.45, 7) is 1.38. The number of piperazine rings is 1. The van der Waals surface area contributed by atoms with E-state index in [0.717, 1.165) is 0 Å². The van der Waals surface area contributed by atoms with Gasteiger partial charge < -0.3 is 10.1 Å². The lowest BCUT2D eigenvalue weighted by Crippen LogP contribution is -2.55. The fraction of sp³-hybridized carbons (Fsp3) is 0.375. The highest BCUT2D eigenvalue weighted by Crippen LogP contribution is 2.13. The first-order valence-electron chi connectivity index (χ1n) is 7.64. The highest BCUT2D eigenvalue weighted by atomic mass is 16.5. The second kappa shape index (κ2) is 6.79. The molecule has 8 heteroatoms. The van der Waals surface area contributed by atoms with Gasteiger partial charge in [-0.25, -0.2) is 4.98 Å². The van der Waals surface area contributed by atoms with Crippen LogP contribution in [-0.2, 0) is 20.9 Å². The van der Waals surface area contributed by atoms with Gasteiger partial charge in [0.05, 0.1) is 19.2 Å². The second-order valence-electron chi connectivity index (χ2n) is 5.57. The standard InChI is InChI=1S/C16H18N4O4/c1-24-15(22)9-12-16(23)17-5-7-19(12)10-11-8-14(21)20-6-3-2-4-13(20)18-11/h2-4,6,8,12H,5,7,9-10H2,1H3,(H,17,23). The number of hydrogen-bond acceptors (Lipinski definition) is 6. The van der Waals surface area contributed by atoms with Gasteiger partial charge in [0.2, 0.25) is 5.91 Å². The maximum Gasteiger partial charge on any atom is 0.307 e. The predicted molar refractivity (Wildman–Crippen MR) is 85.3 cm³/mol. The predicted octanol–water partition coefficient (Wildman–Crippen LogP) is -0.442. The first-order chi connectivity index (χ1) is 11.6. The van der Waals surface area contributed by atoms with Crippen molar-refractivity contribution in [2.75, 3.05) is 20.2 Å². The maximum absolute atomic E-state index is 12.2. The van der Waals surface area contributed by atoms with E-state index in [1.165, 1.54) is 17.6 Å². The Morgan fingerprint density at radius 2 is 2.25 bits per heavy atom. The van der Waals surface area contributed by atoms with Gasteiger partial charge in [-0.1, -0.05) is 6.07 Å². The van der Waals surface area contributed by atoms with Crippen LogP contribution >= 0.6 is 0 Å². The summed E-state index contributed by atoms with van der Waals surface area (Å²) in [5.41, 5.74) is 0.934. The fourth-order valence-corrected chi connectivity index (χ4v) is 2.81. The van der Waals surface area contributed by atoms with Crippen molar-refractivity contribution in [3.63, 3.8) is 0 Å². The largest absolute Gasteiger partial charge is 0.469 e. The van der Waals surface area contributed by atoms with Gasteiger partial charge in [-0.05, 0) is 12.1 Å². The van der Waals surface area contributed by atoms with Crippen LogP contribution in [-0.4, -0.2) is 52.4 Å². The number of carbonyl (C=O) groups is 2. The molecule has 0 aliphatic carbocycles. The first-order valence-corrected chi connectivity index (χ1v) is 7.64. The molecule has 24 heavy (non-hydrogen) atoms. The molecule has 0 radical (unpaired) electrons. The normalized spacial score (nSPS) is 18.4. The van der Waals surface area contributed by atoms with E-state index in [9.17, 15) is 14.4 Å². The molecule has 1 saturated heterocycles. The van der Waals surface area contributed by atoms with E-state index in [-0.39, 0.29) is 17.9 Å². The molecule has 0 bridgehead atoms. The van der Waals surface area contributed by atoms with E-state index in [2.05, 4.69) is 15.0 Å². The van der Waals surface area contributed by atoms with Gasteiger partial charge in [0.15, 0.2) is 0 Å². The van der Waals surface area contributed by atoms with Crippen molar-refractivity contribution in [1.82, 2.24) is 19.6 Å². The molecule has 2 aromatic heterocycles. The molecule has 0 aromatic carbocycles. The van der Waals surface area contributed by atoms with Crippen LogP contribution in [0.3, 0.4) is 0 Å². The van der Waals surface area contributed by atoms with E-state index < -0.39 is 12.0 Å². The molecule has 1 unspecified atom stereocenters. The summed E-state index contributed by atoms with van der Waals surface area (Å²) >= 11 is 0. The summed E-state index contributed by atoms with van der Waals surface area (Å²) in [6.07, 6.45) is 1.62. The molecule has 3 heterocycles. The van der Waals surface area contributed by atoms with Crippen molar-refractivity contribution in [3.05, 3.63) is 46.5 Å². The third-order valence-corrected chi connectivity index (χ3v) is 4.02. The SMILES string of the molecule is COC(=O)CC1C(=O)NCCN1Cc1cc(=O)n2ccccc2n1. The number of fused-ring (bicyclic) bond motifs is 1. The van der Waals surface area contributed by atoms with Crippen LogP contribution in [0.5, 0.6) is 0 Å². The molecule has 1 aliphatic rings. The minimum Gasteiger partial charge on any atom is -0.469 e. The quantitative estimate of drug-likeness (QED) is 0.764. The number of pyridine rings is 1. The molecular formula is C16H18N4O4. The average molecular weight is 330 g/mol. The second-order valence-corrected chi connectivity index (χ2v) is 5.57. The molecule has 8 nitrogen and oxygen atoms in total. The molecule has 3 rings (SSSR count). The molecule has 1 aliphatic heterocycles. The number of nitrogens with zero attached hydrogens (tertiary/aromatic N) is 3. The molecule has 0 spiro atoms. The van der Waals surface area contributed by atoms with Gasteiger partial charge in [0.1, 0.15) is 11.7 Å². The minimum atomic E-state index is -0.623. The third kappa shape index (κ3) is 3.28. The highest BCUT2D eigenvalue weighted by molar-refractivity contribution is 5.87. The van der Waals surface area contributed by atoms with Gasteiger partial charge in [0, 0.05) is 31.9 Å². The summed E-state index contributed by atoms with van der Waals surface area (Å²) in [5, 5.41) is 2.74. The Morgan fingerprint density at radius 3 is 3.04 bits per heavy atom. The Morgan fingerprint density at radius 1 is 1.42 bits per heavy atom. The number of ether oxygens (including phenoxy) is 1. The van der Waals surface area contributed by atoms with E-state index in [1.54, 1.807) is 24.4 Å². The summed E-state index contributed by atoms with van der Waals surface area (Å²) in [5.74, 6) is -0.669. The van der Waals surface area contributed by atoms with E-state index >= 15 is 0 Å². The van der Waals surface area contributed by atoms with Crippen molar-refractivity contribution in [1.29, 1.82) is 0 Å². The van der Waals surface area contributed by atoms with Gasteiger partial charge >= 0.3 is 5.97 Å². The minimum absolute atomic E-state index is 0.0328. The van der Waals surface area contributed by atoms with Crippen LogP contribution in [0.25, 0.3) is 5.65 Å². The number of aromatic nitrogens is 2. The van der Waals surface area contributed by atoms with Crippen LogP contribution in [0.15, 0.2) is 35.3 Å². The lowest BCUT2D eigenvalue weighted by atomic mass is 10.1. The smallest absolute Gasteiger partial charge is 0.307 e. The number of amides is 1. The molecular weight excluding hydrogens is 312 g/mol. The molecule has 0 saturated carbocycles. The fourth-order valence-electron chi connectivity index (χ4n) is 2.81. The van der Waals surface area contributed by atoms with Crippen molar-refractivity contribution < 1.29 is 14.3 Å². The Hall–Kier alpha value is -2.74. The van der Waals surface area contributed by atoms with Crippen LogP contribution in [0.4, 0.5) is 0 Å². The zero-order chi connectivity index (χ0) is 17.1. The van der Waals surface area contributed by atoms with Gasteiger partial charge in [-0.15, -0.1) is 0 Å². The lowest BCUT2D eigenvalue weighted by molar-refractivity contribution is -0.146. The molecule has 1 N–H and O–H groups in total. The molecule has 2 aromatic rings. The van der Waals surface area contributed by atoms with E-state index in [4.69, 9.17) is 0 Å². The average Bonchev–Trinajstić information content (AvgIpc) is 2.58. The van der Waals surface area contributed by atoms with Gasteiger partial charge in [-0.3, -0.25) is 23.7 Å². The summed E-state index contributed by atoms with van der Waals surface area (Å²) in [6, 6.07) is 6.15. The maximum atomic E-state index is 12.2. The van der Waals surface area contributed by atoms with Gasteiger partial charge in [-0.2, -0.15) is 0 Å². The number of nitrogens with one attached hydrogen (secondary N) is 1. The Bertz CT molecular complexity index is 832. The van der Waals surface area contributed by atoms with Crippen molar-refractivity contribution in [2.24, 2.45) is 0 Å². The molecule has 126 valence electrons. The summed E-state index contributed by atoms with van der Waals surface area (Å²) in [7, 11) is 1.29. The lowest BCUT2D eigenvalue weighted by Gasteiger charge is -2.34. The first kappa shape index (κ1) is 16.1. The van der Waals surface area contributed by atoms with E-state index in [1.807, 2.05) is 4.90 Å². The molecule has 1 amide bonds. The molecule has 1 atom stereocenters. The third-order valence-electron chi connectivity index (χ3n) is 4.02. The number of methoxy groups -OCH3 is 1. The van der Waals surface area contributed by atoms with Crippen molar-refractivity contribution in [3.8, 4) is 0 Å². The van der Waals surface area contributed by atoms with Crippen molar-refractivity contribution in [2.45, 2.75) is 19.0 Å². The number of rotatable bonds is 4. The number of hydrogen-bond donors (Lipinski definition) is 1. The molecule has 1 fully saturated rings. The number of carbonyl (C=O) groups excluding carboxylic acids is 2. The van der Waals surface area contributed by atoms with E-state index in [0.29, 0.717) is 31.0 Å². The van der Waals surface area contributed by atoms with Crippen LogP contribution < -0.4 is 10.9 Å². The Labute approximate surface area is 138 Å². The highest BCUT2D eigenvalue weighted by Gasteiger charge is 2.32. The van der Waals surface area contributed by atoms with Crippen LogP contribution in [0.1, 0.15) is 12.1 Å². The topological polar surface area (TPSA) is 93.0 Å². The van der Waals surface area contributed by atoms with Crippen LogP contribution in [0, 0.1) is 0 Å². The Kier molecular flexibility index (Phi) is 4.57. The number of esters is 1. The monoisotopic (exact) mass is 330 g/mol. The Balaban J connectivity index is 1.86. The zero-order valence-electron chi connectivity index (χ0n) is 13.3. The van der Waals surface area contributed by atoms with Gasteiger partial charge in [0.25, 0.3) is 5.56 Å². The van der Waals surface area contributed by atoms with Crippen LogP contribution in [0.2, 0.25) is 0 Å². The van der Waals surface area contributed by atoms with Crippen molar-refractivity contribution >= 4 is 17.5 Å². The summed E-state index contributed by atoms with van der Waals surface area (Å²) in [4.78, 5) is 42.1. The summed E-state index contributed by atoms with van der Waals surface area (Å²) < 4.78 is 6.12.